The van der Waals surface area contributed by atoms with Gasteiger partial charge in [0.15, 0.2) is 5.58 Å². The van der Waals surface area contributed by atoms with Crippen LogP contribution < -0.4 is 5.76 Å². The molecule has 0 saturated heterocycles. The lowest BCUT2D eigenvalue weighted by Crippen LogP contribution is -2.19. The molecule has 0 N–H and O–H groups in total. The molecule has 0 amide bonds. The van der Waals surface area contributed by atoms with Crippen molar-refractivity contribution in [1.82, 2.24) is 9.55 Å². The largest absolute Gasteiger partial charge is 0.420 e. The number of halogens is 2. The average Bonchev–Trinajstić information content (AvgIpc) is 2.86. The molecule has 2 aromatic heterocycles. The van der Waals surface area contributed by atoms with Gasteiger partial charge in [0, 0.05) is 28.4 Å². The van der Waals surface area contributed by atoms with Crippen LogP contribution in [0.2, 0.25) is 10.0 Å². The molecule has 0 aliphatic rings. The van der Waals surface area contributed by atoms with Crippen LogP contribution in [0, 0.1) is 0 Å². The first kappa shape index (κ1) is 16.1. The Kier molecular flexibility index (Phi) is 4.46. The second-order valence-corrected chi connectivity index (χ2v) is 6.21. The Morgan fingerprint density at radius 1 is 1.17 bits per heavy atom. The van der Waals surface area contributed by atoms with E-state index in [4.69, 9.17) is 27.6 Å². The molecule has 0 saturated carbocycles. The topological polar surface area (TPSA) is 48.0 Å². The molecule has 23 heavy (non-hydrogen) atoms. The van der Waals surface area contributed by atoms with Gasteiger partial charge in [-0.25, -0.2) is 4.79 Å². The number of hydrogen-bond donors (Lipinski definition) is 0. The number of hydrogen-bond acceptors (Lipinski definition) is 3. The number of fused-ring (bicyclic) bond motifs is 1. The van der Waals surface area contributed by atoms with Gasteiger partial charge in [0.1, 0.15) is 5.52 Å². The van der Waals surface area contributed by atoms with Crippen LogP contribution >= 0.6 is 23.2 Å². The van der Waals surface area contributed by atoms with Gasteiger partial charge in [-0.05, 0) is 25.0 Å². The predicted octanol–water partition coefficient (Wildman–Crippen LogP) is 5.32. The lowest BCUT2D eigenvalue weighted by molar-refractivity contribution is 0.421. The lowest BCUT2D eigenvalue weighted by atomic mass is 10.1. The molecule has 0 unspecified atom stereocenters. The molecule has 4 nitrogen and oxygen atoms in total. The Hall–Kier alpha value is -1.78. The third kappa shape index (κ3) is 2.77. The summed E-state index contributed by atoms with van der Waals surface area (Å²) >= 11 is 12.2. The van der Waals surface area contributed by atoms with E-state index in [1.165, 1.54) is 0 Å². The van der Waals surface area contributed by atoms with Crippen molar-refractivity contribution in [3.8, 4) is 11.1 Å². The highest BCUT2D eigenvalue weighted by molar-refractivity contribution is 6.36. The van der Waals surface area contributed by atoms with Crippen LogP contribution in [0.25, 0.3) is 22.2 Å². The van der Waals surface area contributed by atoms with Gasteiger partial charge in [0.25, 0.3) is 0 Å². The average molecular weight is 351 g/mol. The van der Waals surface area contributed by atoms with E-state index in [1.54, 1.807) is 35.2 Å². The van der Waals surface area contributed by atoms with Crippen LogP contribution in [0.1, 0.15) is 32.7 Å². The van der Waals surface area contributed by atoms with Gasteiger partial charge in [-0.2, -0.15) is 0 Å². The molecular formula is C17H16Cl2N2O2. The molecule has 120 valence electrons. The van der Waals surface area contributed by atoms with Crippen LogP contribution in [-0.4, -0.2) is 9.55 Å². The Balaban J connectivity index is 2.28. The van der Waals surface area contributed by atoms with Gasteiger partial charge in [-0.3, -0.25) is 9.55 Å². The highest BCUT2D eigenvalue weighted by atomic mass is 35.5. The summed E-state index contributed by atoms with van der Waals surface area (Å²) in [5.74, 6) is -0.368. The minimum atomic E-state index is -0.368. The molecule has 1 aromatic carbocycles. The van der Waals surface area contributed by atoms with Gasteiger partial charge in [-0.1, -0.05) is 43.1 Å². The van der Waals surface area contributed by atoms with Crippen molar-refractivity contribution in [3.05, 3.63) is 51.2 Å². The number of rotatable bonds is 4. The number of aromatic nitrogens is 2. The highest BCUT2D eigenvalue weighted by Crippen LogP contribution is 2.35. The summed E-state index contributed by atoms with van der Waals surface area (Å²) in [6.45, 7) is 4.10. The Bertz CT molecular complexity index is 911. The molecule has 2 heterocycles. The van der Waals surface area contributed by atoms with Gasteiger partial charge >= 0.3 is 5.76 Å². The molecule has 0 aliphatic heterocycles. The van der Waals surface area contributed by atoms with Crippen LogP contribution in [0.15, 0.2) is 39.8 Å². The Morgan fingerprint density at radius 3 is 2.57 bits per heavy atom. The van der Waals surface area contributed by atoms with Crippen molar-refractivity contribution < 1.29 is 4.42 Å². The second kappa shape index (κ2) is 6.38. The monoisotopic (exact) mass is 350 g/mol. The van der Waals surface area contributed by atoms with Gasteiger partial charge in [0.2, 0.25) is 0 Å². The summed E-state index contributed by atoms with van der Waals surface area (Å²) in [5, 5.41) is 1.04. The zero-order valence-corrected chi connectivity index (χ0v) is 14.4. The number of benzene rings is 1. The Labute approximate surface area is 143 Å². The van der Waals surface area contributed by atoms with Crippen LogP contribution in [0.4, 0.5) is 0 Å². The van der Waals surface area contributed by atoms with Crippen molar-refractivity contribution in [1.29, 1.82) is 0 Å². The third-order valence-corrected chi connectivity index (χ3v) is 4.60. The maximum Gasteiger partial charge on any atom is 0.420 e. The first-order valence-corrected chi connectivity index (χ1v) is 8.26. The van der Waals surface area contributed by atoms with E-state index in [9.17, 15) is 4.79 Å². The van der Waals surface area contributed by atoms with Crippen LogP contribution in [0.3, 0.4) is 0 Å². The van der Waals surface area contributed by atoms with E-state index in [0.717, 1.165) is 18.4 Å². The minimum absolute atomic E-state index is 0.0847. The van der Waals surface area contributed by atoms with E-state index in [2.05, 4.69) is 4.98 Å². The summed E-state index contributed by atoms with van der Waals surface area (Å²) in [6.07, 6.45) is 5.00. The van der Waals surface area contributed by atoms with E-state index >= 15 is 0 Å². The molecule has 3 aromatic rings. The predicted molar refractivity (Wildman–Crippen MR) is 93.3 cm³/mol. The number of nitrogens with zero attached hydrogens (tertiary/aromatic N) is 2. The van der Waals surface area contributed by atoms with Crippen molar-refractivity contribution in [2.24, 2.45) is 0 Å². The first-order chi connectivity index (χ1) is 11.1. The molecular weight excluding hydrogens is 335 g/mol. The van der Waals surface area contributed by atoms with Crippen molar-refractivity contribution in [2.45, 2.75) is 32.7 Å². The van der Waals surface area contributed by atoms with Crippen molar-refractivity contribution >= 4 is 34.3 Å². The van der Waals surface area contributed by atoms with E-state index < -0.39 is 0 Å². The van der Waals surface area contributed by atoms with Gasteiger partial charge in [-0.15, -0.1) is 0 Å². The molecule has 0 aliphatic carbocycles. The van der Waals surface area contributed by atoms with Gasteiger partial charge < -0.3 is 4.42 Å². The molecule has 0 atom stereocenters. The van der Waals surface area contributed by atoms with E-state index in [1.807, 2.05) is 13.8 Å². The van der Waals surface area contributed by atoms with E-state index in [0.29, 0.717) is 26.7 Å². The first-order valence-electron chi connectivity index (χ1n) is 7.51. The Morgan fingerprint density at radius 2 is 1.91 bits per heavy atom. The molecule has 0 spiro atoms. The van der Waals surface area contributed by atoms with Crippen molar-refractivity contribution in [2.75, 3.05) is 0 Å². The van der Waals surface area contributed by atoms with Crippen LogP contribution in [-0.2, 0) is 0 Å². The molecule has 3 rings (SSSR count). The normalized spacial score (nSPS) is 11.5. The zero-order chi connectivity index (χ0) is 16.6. The minimum Gasteiger partial charge on any atom is -0.407 e. The summed E-state index contributed by atoms with van der Waals surface area (Å²) in [7, 11) is 0. The fourth-order valence-electron chi connectivity index (χ4n) is 2.85. The van der Waals surface area contributed by atoms with Crippen molar-refractivity contribution in [3.63, 3.8) is 0 Å². The fraction of sp³-hybridized carbons (Fsp3) is 0.294. The molecule has 6 heteroatoms. The maximum atomic E-state index is 12.3. The summed E-state index contributed by atoms with van der Waals surface area (Å²) in [5.41, 5.74) is 2.61. The molecule has 0 radical (unpaired) electrons. The highest BCUT2D eigenvalue weighted by Gasteiger charge is 2.20. The zero-order valence-electron chi connectivity index (χ0n) is 12.8. The number of oxazole rings is 1. The standard InChI is InChI=1S/C17H16Cl2N2O2/c1-3-11(4-2)21-15-9-20-8-13(16(15)23-17(21)22)12-6-5-10(18)7-14(12)19/h5-9,11H,3-4H2,1-2H3. The quantitative estimate of drug-likeness (QED) is 0.639. The summed E-state index contributed by atoms with van der Waals surface area (Å²) in [6, 6.07) is 5.29. The summed E-state index contributed by atoms with van der Waals surface area (Å²) < 4.78 is 7.21. The molecule has 0 bridgehead atoms. The van der Waals surface area contributed by atoms with Crippen LogP contribution in [0.5, 0.6) is 0 Å². The maximum absolute atomic E-state index is 12.3. The van der Waals surface area contributed by atoms with E-state index in [-0.39, 0.29) is 11.8 Å². The fourth-order valence-corrected chi connectivity index (χ4v) is 3.36. The van der Waals surface area contributed by atoms with Gasteiger partial charge in [0.05, 0.1) is 11.2 Å². The number of pyridine rings is 1. The summed E-state index contributed by atoms with van der Waals surface area (Å²) in [4.78, 5) is 16.6. The SMILES string of the molecule is CCC(CC)n1c(=O)oc2c(-c3ccc(Cl)cc3Cl)cncc21. The molecule has 0 fully saturated rings. The second-order valence-electron chi connectivity index (χ2n) is 5.37. The lowest BCUT2D eigenvalue weighted by Gasteiger charge is -2.13. The third-order valence-electron chi connectivity index (χ3n) is 4.05. The smallest absolute Gasteiger partial charge is 0.407 e.